The summed E-state index contributed by atoms with van der Waals surface area (Å²) in [7, 11) is 0. The Morgan fingerprint density at radius 2 is 1.65 bits per heavy atom. The van der Waals surface area contributed by atoms with Gasteiger partial charge in [0, 0.05) is 6.04 Å². The quantitative estimate of drug-likeness (QED) is 0.661. The maximum Gasteiger partial charge on any atom is 0.0494 e. The van der Waals surface area contributed by atoms with Crippen LogP contribution in [0.2, 0.25) is 0 Å². The van der Waals surface area contributed by atoms with Crippen LogP contribution >= 0.6 is 0 Å². The summed E-state index contributed by atoms with van der Waals surface area (Å²) in [6.45, 7) is 4.31. The van der Waals surface area contributed by atoms with Crippen molar-refractivity contribution in [3.05, 3.63) is 70.3 Å². The molecule has 0 bridgehead atoms. The molecule has 1 aliphatic rings. The summed E-state index contributed by atoms with van der Waals surface area (Å²) in [5, 5.41) is 0. The summed E-state index contributed by atoms with van der Waals surface area (Å²) in [4.78, 5) is 0. The molecule has 0 heterocycles. The van der Waals surface area contributed by atoms with Crippen LogP contribution in [0, 0.1) is 19.8 Å². The fraction of sp³-hybridized carbons (Fsp3) is 0.333. The first-order valence-electron chi connectivity index (χ1n) is 7.29. The van der Waals surface area contributed by atoms with Gasteiger partial charge in [-0.1, -0.05) is 42.5 Å². The number of benzene rings is 2. The molecule has 20 heavy (non-hydrogen) atoms. The summed E-state index contributed by atoms with van der Waals surface area (Å²) in [6.07, 6.45) is 2.22. The van der Waals surface area contributed by atoms with E-state index in [9.17, 15) is 0 Å². The molecule has 3 N–H and O–H groups in total. The topological polar surface area (TPSA) is 38.0 Å². The Hall–Kier alpha value is -1.64. The lowest BCUT2D eigenvalue weighted by atomic mass is 9.89. The van der Waals surface area contributed by atoms with Gasteiger partial charge in [0.25, 0.3) is 0 Å². The highest BCUT2D eigenvalue weighted by Crippen LogP contribution is 2.35. The Bertz CT molecular complexity index is 594. The van der Waals surface area contributed by atoms with Crippen LogP contribution < -0.4 is 11.3 Å². The molecule has 104 valence electrons. The molecule has 0 spiro atoms. The third kappa shape index (κ3) is 2.37. The van der Waals surface area contributed by atoms with Crippen LogP contribution in [-0.4, -0.2) is 0 Å². The fourth-order valence-electron chi connectivity index (χ4n) is 3.29. The zero-order valence-electron chi connectivity index (χ0n) is 12.2. The maximum atomic E-state index is 5.86. The predicted molar refractivity (Wildman–Crippen MR) is 83.3 cm³/mol. The van der Waals surface area contributed by atoms with Gasteiger partial charge in [0.15, 0.2) is 0 Å². The molecule has 0 saturated heterocycles. The Morgan fingerprint density at radius 3 is 2.20 bits per heavy atom. The summed E-state index contributed by atoms with van der Waals surface area (Å²) in [5.41, 5.74) is 9.95. The van der Waals surface area contributed by atoms with E-state index in [-0.39, 0.29) is 6.04 Å². The molecule has 3 rings (SSSR count). The first-order valence-corrected chi connectivity index (χ1v) is 7.29. The zero-order chi connectivity index (χ0) is 14.1. The molecule has 0 aromatic heterocycles. The van der Waals surface area contributed by atoms with Crippen molar-refractivity contribution in [2.75, 3.05) is 0 Å². The van der Waals surface area contributed by atoms with Crippen molar-refractivity contribution in [1.29, 1.82) is 0 Å². The van der Waals surface area contributed by atoms with E-state index in [1.807, 2.05) is 0 Å². The Labute approximate surface area is 121 Å². The molecule has 2 aromatic rings. The molecular weight excluding hydrogens is 244 g/mol. The number of rotatable bonds is 3. The number of fused-ring (bicyclic) bond motifs is 1. The van der Waals surface area contributed by atoms with Gasteiger partial charge in [-0.25, -0.2) is 0 Å². The first-order chi connectivity index (χ1) is 9.69. The summed E-state index contributed by atoms with van der Waals surface area (Å²) >= 11 is 0. The van der Waals surface area contributed by atoms with Gasteiger partial charge in [-0.05, 0) is 60.4 Å². The number of hydrazine groups is 1. The van der Waals surface area contributed by atoms with Gasteiger partial charge in [-0.15, -0.1) is 0 Å². The van der Waals surface area contributed by atoms with Gasteiger partial charge >= 0.3 is 0 Å². The van der Waals surface area contributed by atoms with Crippen molar-refractivity contribution in [2.24, 2.45) is 11.8 Å². The lowest BCUT2D eigenvalue weighted by molar-refractivity contribution is 0.379. The van der Waals surface area contributed by atoms with E-state index >= 15 is 0 Å². The van der Waals surface area contributed by atoms with Crippen molar-refractivity contribution in [3.63, 3.8) is 0 Å². The Balaban J connectivity index is 1.87. The minimum absolute atomic E-state index is 0.224. The SMILES string of the molecule is Cc1ccc(C(NN)C2Cc3ccccc3C2)cc1C. The third-order valence-electron chi connectivity index (χ3n) is 4.62. The molecule has 1 aliphatic carbocycles. The zero-order valence-corrected chi connectivity index (χ0v) is 12.2. The van der Waals surface area contributed by atoms with Gasteiger partial charge in [0.2, 0.25) is 0 Å². The average molecular weight is 266 g/mol. The monoisotopic (exact) mass is 266 g/mol. The van der Waals surface area contributed by atoms with Crippen LogP contribution in [0.4, 0.5) is 0 Å². The Morgan fingerprint density at radius 1 is 1.00 bits per heavy atom. The highest BCUT2D eigenvalue weighted by atomic mass is 15.2. The molecule has 0 amide bonds. The molecule has 1 unspecified atom stereocenters. The number of nitrogens with one attached hydrogen (secondary N) is 1. The van der Waals surface area contributed by atoms with E-state index in [4.69, 9.17) is 5.84 Å². The largest absolute Gasteiger partial charge is 0.271 e. The first kappa shape index (κ1) is 13.3. The highest BCUT2D eigenvalue weighted by Gasteiger charge is 2.28. The molecule has 0 aliphatic heterocycles. The lowest BCUT2D eigenvalue weighted by Gasteiger charge is -2.23. The van der Waals surface area contributed by atoms with Gasteiger partial charge in [0.05, 0.1) is 0 Å². The molecule has 1 atom stereocenters. The molecule has 0 radical (unpaired) electrons. The minimum atomic E-state index is 0.224. The molecule has 0 saturated carbocycles. The second kappa shape index (κ2) is 5.39. The molecule has 0 fully saturated rings. The highest BCUT2D eigenvalue weighted by molar-refractivity contribution is 5.36. The molecule has 2 aromatic carbocycles. The van der Waals surface area contributed by atoms with Gasteiger partial charge < -0.3 is 0 Å². The summed E-state index contributed by atoms with van der Waals surface area (Å²) in [5.74, 6) is 6.40. The van der Waals surface area contributed by atoms with Crippen molar-refractivity contribution in [3.8, 4) is 0 Å². The smallest absolute Gasteiger partial charge is 0.0494 e. The van der Waals surface area contributed by atoms with E-state index in [2.05, 4.69) is 61.7 Å². The van der Waals surface area contributed by atoms with E-state index in [0.29, 0.717) is 5.92 Å². The van der Waals surface area contributed by atoms with Gasteiger partial charge in [-0.2, -0.15) is 0 Å². The molecule has 2 heteroatoms. The van der Waals surface area contributed by atoms with E-state index in [1.54, 1.807) is 0 Å². The molecule has 2 nitrogen and oxygen atoms in total. The standard InChI is InChI=1S/C18H22N2/c1-12-7-8-16(9-13(12)2)18(20-19)17-10-14-5-3-4-6-15(14)11-17/h3-9,17-18,20H,10-11,19H2,1-2H3. The van der Waals surface area contributed by atoms with Crippen LogP contribution in [0.15, 0.2) is 42.5 Å². The maximum absolute atomic E-state index is 5.86. The van der Waals surface area contributed by atoms with Crippen LogP contribution in [0.1, 0.15) is 33.9 Å². The predicted octanol–water partition coefficient (Wildman–Crippen LogP) is 3.22. The minimum Gasteiger partial charge on any atom is -0.271 e. The van der Waals surface area contributed by atoms with Crippen molar-refractivity contribution in [2.45, 2.75) is 32.7 Å². The summed E-state index contributed by atoms with van der Waals surface area (Å²) in [6, 6.07) is 15.6. The number of hydrogen-bond acceptors (Lipinski definition) is 2. The fourth-order valence-corrected chi connectivity index (χ4v) is 3.29. The Kier molecular flexibility index (Phi) is 3.60. The van der Waals surface area contributed by atoms with Gasteiger partial charge in [0.1, 0.15) is 0 Å². The normalized spacial score (nSPS) is 16.1. The van der Waals surface area contributed by atoms with Crippen molar-refractivity contribution in [1.82, 2.24) is 5.43 Å². The average Bonchev–Trinajstić information content (AvgIpc) is 2.87. The second-order valence-corrected chi connectivity index (χ2v) is 5.93. The van der Waals surface area contributed by atoms with E-state index in [0.717, 1.165) is 12.8 Å². The van der Waals surface area contributed by atoms with Crippen LogP contribution in [0.25, 0.3) is 0 Å². The second-order valence-electron chi connectivity index (χ2n) is 5.93. The van der Waals surface area contributed by atoms with E-state index in [1.165, 1.54) is 27.8 Å². The van der Waals surface area contributed by atoms with Crippen LogP contribution in [-0.2, 0) is 12.8 Å². The number of aryl methyl sites for hydroxylation is 2. The lowest BCUT2D eigenvalue weighted by Crippen LogP contribution is -2.34. The number of hydrogen-bond donors (Lipinski definition) is 2. The third-order valence-corrected chi connectivity index (χ3v) is 4.62. The van der Waals surface area contributed by atoms with Crippen molar-refractivity contribution < 1.29 is 0 Å². The summed E-state index contributed by atoms with van der Waals surface area (Å²) < 4.78 is 0. The van der Waals surface area contributed by atoms with Crippen LogP contribution in [0.3, 0.4) is 0 Å². The van der Waals surface area contributed by atoms with Gasteiger partial charge in [-0.3, -0.25) is 11.3 Å². The van der Waals surface area contributed by atoms with E-state index < -0.39 is 0 Å². The number of nitrogens with two attached hydrogens (primary N) is 1. The molecular formula is C18H22N2. The van der Waals surface area contributed by atoms with Crippen molar-refractivity contribution >= 4 is 0 Å². The van der Waals surface area contributed by atoms with Crippen LogP contribution in [0.5, 0.6) is 0 Å².